The summed E-state index contributed by atoms with van der Waals surface area (Å²) < 4.78 is 26.7. The average Bonchev–Trinajstić information content (AvgIpc) is 3.81. The van der Waals surface area contributed by atoms with Crippen molar-refractivity contribution in [3.8, 4) is 12.1 Å². The summed E-state index contributed by atoms with van der Waals surface area (Å²) in [5.41, 5.74) is 2.69. The molecule has 39 heavy (non-hydrogen) atoms. The van der Waals surface area contributed by atoms with E-state index in [1.807, 2.05) is 19.1 Å². The number of carbonyl (C=O) groups is 1. The van der Waals surface area contributed by atoms with E-state index in [2.05, 4.69) is 26.3 Å². The van der Waals surface area contributed by atoms with Crippen molar-refractivity contribution >= 4 is 17.5 Å². The van der Waals surface area contributed by atoms with Crippen LogP contribution in [-0.2, 0) is 4.74 Å². The molecule has 7 rings (SSSR count). The SMILES string of the molecule is C[C@@H](OC(=O)Nc1ccc(C2=C(C#N)C34CC3C=C(Oc3ncccn3)C=C4N2C2CCC2)cc1F)C1CC1.[HH]. The van der Waals surface area contributed by atoms with Crippen molar-refractivity contribution in [3.05, 3.63) is 77.2 Å². The fraction of sp³-hybridized carbons (Fsp3) is 0.400. The Balaban J connectivity index is 0.00000289. The van der Waals surface area contributed by atoms with Gasteiger partial charge in [-0.3, -0.25) is 5.32 Å². The van der Waals surface area contributed by atoms with Gasteiger partial charge in [0.05, 0.1) is 28.4 Å². The number of rotatable bonds is 7. The lowest BCUT2D eigenvalue weighted by molar-refractivity contribution is 0.108. The zero-order chi connectivity index (χ0) is 26.7. The number of hydrogen-bond donors (Lipinski definition) is 1. The molecule has 3 atom stereocenters. The Bertz CT molecular complexity index is 1490. The molecule has 0 bridgehead atoms. The molecule has 9 heteroatoms. The highest BCUT2D eigenvalue weighted by atomic mass is 19.1. The number of halogens is 1. The number of hydrogen-bond acceptors (Lipinski definition) is 7. The summed E-state index contributed by atoms with van der Waals surface area (Å²) in [6, 6.07) is 9.44. The molecule has 1 aromatic heterocycles. The molecule has 3 saturated carbocycles. The Morgan fingerprint density at radius 2 is 2.08 bits per heavy atom. The number of benzene rings is 1. The van der Waals surface area contributed by atoms with Gasteiger partial charge in [0.25, 0.3) is 0 Å². The van der Waals surface area contributed by atoms with E-state index in [1.54, 1.807) is 30.6 Å². The summed E-state index contributed by atoms with van der Waals surface area (Å²) in [5, 5.41) is 12.9. The van der Waals surface area contributed by atoms with Crippen molar-refractivity contribution in [1.29, 1.82) is 5.26 Å². The molecule has 2 aromatic rings. The third-order valence-electron chi connectivity index (χ3n) is 8.66. The van der Waals surface area contributed by atoms with Crippen LogP contribution in [0.1, 0.15) is 52.4 Å². The predicted octanol–water partition coefficient (Wildman–Crippen LogP) is 6.18. The third-order valence-corrected chi connectivity index (χ3v) is 8.66. The molecule has 4 aliphatic carbocycles. The van der Waals surface area contributed by atoms with Crippen LogP contribution in [0, 0.1) is 34.4 Å². The van der Waals surface area contributed by atoms with Crippen LogP contribution in [-0.4, -0.2) is 33.1 Å². The fourth-order valence-corrected chi connectivity index (χ4v) is 6.15. The van der Waals surface area contributed by atoms with Crippen LogP contribution in [0.3, 0.4) is 0 Å². The van der Waals surface area contributed by atoms with Gasteiger partial charge in [-0.25, -0.2) is 19.2 Å². The maximum Gasteiger partial charge on any atom is 0.411 e. The number of nitrogens with zero attached hydrogens (tertiary/aromatic N) is 4. The number of ether oxygens (including phenoxy) is 2. The smallest absolute Gasteiger partial charge is 0.411 e. The molecule has 1 spiro atoms. The Morgan fingerprint density at radius 1 is 1.28 bits per heavy atom. The van der Waals surface area contributed by atoms with Crippen LogP contribution in [0.5, 0.6) is 6.01 Å². The molecule has 5 aliphatic rings. The van der Waals surface area contributed by atoms with Gasteiger partial charge in [0.2, 0.25) is 0 Å². The normalized spacial score (nSPS) is 25.9. The number of nitrogens with one attached hydrogen (secondary N) is 1. The van der Waals surface area contributed by atoms with E-state index < -0.39 is 17.3 Å². The summed E-state index contributed by atoms with van der Waals surface area (Å²) >= 11 is 0. The third kappa shape index (κ3) is 3.97. The van der Waals surface area contributed by atoms with Gasteiger partial charge in [-0.1, -0.05) is 6.07 Å². The zero-order valence-electron chi connectivity index (χ0n) is 21.6. The monoisotopic (exact) mass is 527 g/mol. The first kappa shape index (κ1) is 23.9. The maximum absolute atomic E-state index is 15.4. The highest BCUT2D eigenvalue weighted by molar-refractivity contribution is 5.86. The lowest BCUT2D eigenvalue weighted by Crippen LogP contribution is -2.38. The van der Waals surface area contributed by atoms with Gasteiger partial charge in [0.1, 0.15) is 17.7 Å². The van der Waals surface area contributed by atoms with Gasteiger partial charge in [-0.05, 0) is 81.6 Å². The highest BCUT2D eigenvalue weighted by Gasteiger charge is 2.67. The zero-order valence-corrected chi connectivity index (χ0v) is 21.6. The molecule has 3 fully saturated rings. The minimum atomic E-state index is -0.660. The molecular formula is C30H30FN5O3. The molecule has 8 nitrogen and oxygen atoms in total. The molecule has 1 amide bonds. The van der Waals surface area contributed by atoms with E-state index in [9.17, 15) is 10.1 Å². The van der Waals surface area contributed by atoms with Crippen molar-refractivity contribution in [1.82, 2.24) is 14.9 Å². The molecule has 0 saturated heterocycles. The van der Waals surface area contributed by atoms with Crippen molar-refractivity contribution < 1.29 is 20.1 Å². The summed E-state index contributed by atoms with van der Waals surface area (Å²) in [4.78, 5) is 22.9. The molecule has 2 unspecified atom stereocenters. The van der Waals surface area contributed by atoms with Crippen LogP contribution in [0.15, 0.2) is 65.8 Å². The second-order valence-electron chi connectivity index (χ2n) is 11.1. The molecule has 0 radical (unpaired) electrons. The largest absolute Gasteiger partial charge is 0.446 e. The van der Waals surface area contributed by atoms with E-state index in [0.717, 1.165) is 49.9 Å². The number of allylic oxidation sites excluding steroid dienone is 3. The fourth-order valence-electron chi connectivity index (χ4n) is 6.15. The summed E-state index contributed by atoms with van der Waals surface area (Å²) in [6.07, 6.45) is 12.4. The second-order valence-corrected chi connectivity index (χ2v) is 11.1. The lowest BCUT2D eigenvalue weighted by Gasteiger charge is -2.40. The molecule has 1 aliphatic heterocycles. The van der Waals surface area contributed by atoms with Crippen molar-refractivity contribution in [2.45, 2.75) is 57.6 Å². The molecule has 2 heterocycles. The van der Waals surface area contributed by atoms with Crippen LogP contribution < -0.4 is 10.1 Å². The minimum absolute atomic E-state index is 0. The van der Waals surface area contributed by atoms with Gasteiger partial charge in [-0.2, -0.15) is 5.26 Å². The van der Waals surface area contributed by atoms with Gasteiger partial charge in [0, 0.05) is 37.2 Å². The summed E-state index contributed by atoms with van der Waals surface area (Å²) in [5.74, 6) is 0.587. The van der Waals surface area contributed by atoms with Crippen molar-refractivity contribution in [2.24, 2.45) is 17.3 Å². The number of aromatic nitrogens is 2. The van der Waals surface area contributed by atoms with Gasteiger partial charge in [-0.15, -0.1) is 0 Å². The van der Waals surface area contributed by atoms with Crippen LogP contribution in [0.25, 0.3) is 5.70 Å². The summed E-state index contributed by atoms with van der Waals surface area (Å²) in [7, 11) is 0. The first-order valence-corrected chi connectivity index (χ1v) is 13.6. The average molecular weight is 528 g/mol. The molecule has 200 valence electrons. The highest BCUT2D eigenvalue weighted by Crippen LogP contribution is 2.71. The van der Waals surface area contributed by atoms with Crippen molar-refractivity contribution in [2.75, 3.05) is 5.32 Å². The Hall–Kier alpha value is -4.19. The minimum Gasteiger partial charge on any atom is -0.446 e. The number of nitriles is 1. The van der Waals surface area contributed by atoms with E-state index >= 15 is 4.39 Å². The Kier molecular flexibility index (Phi) is 5.48. The Labute approximate surface area is 227 Å². The Morgan fingerprint density at radius 3 is 2.74 bits per heavy atom. The number of carbonyl (C=O) groups excluding carboxylic acids is 1. The van der Waals surface area contributed by atoms with Gasteiger partial charge < -0.3 is 14.4 Å². The van der Waals surface area contributed by atoms with Crippen molar-refractivity contribution in [3.63, 3.8) is 0 Å². The number of amides is 1. The predicted molar refractivity (Wildman–Crippen MR) is 142 cm³/mol. The van der Waals surface area contributed by atoms with E-state index in [-0.39, 0.29) is 31.2 Å². The quantitative estimate of drug-likeness (QED) is 0.459. The topological polar surface area (TPSA) is 100 Å². The molecule has 1 N–H and O–H groups in total. The van der Waals surface area contributed by atoms with E-state index in [1.165, 1.54) is 6.07 Å². The van der Waals surface area contributed by atoms with E-state index in [0.29, 0.717) is 22.8 Å². The summed E-state index contributed by atoms with van der Waals surface area (Å²) in [6.45, 7) is 1.86. The standard InChI is InChI=1S/C30H28FN5O3.H2/c1-17(18-6-7-18)38-29(37)35-25-9-8-19(12-24(25)31)27-23(16-32)30-15-20(30)13-22(39-28-33-10-3-11-34-28)14-26(30)36(27)21-4-2-5-21;/h3,8-14,17-18,20-21H,2,4-7,15H2,1H3,(H,35,37);1H/t17-,20?,30?;/m1./s1. The molecule has 1 aromatic carbocycles. The van der Waals surface area contributed by atoms with Crippen LogP contribution in [0.2, 0.25) is 0 Å². The van der Waals surface area contributed by atoms with E-state index in [4.69, 9.17) is 9.47 Å². The number of anilines is 1. The van der Waals surface area contributed by atoms with Crippen LogP contribution in [0.4, 0.5) is 14.9 Å². The first-order chi connectivity index (χ1) is 19.0. The first-order valence-electron chi connectivity index (χ1n) is 13.6. The maximum atomic E-state index is 15.4. The van der Waals surface area contributed by atoms with Crippen LogP contribution >= 0.6 is 0 Å². The second kappa shape index (κ2) is 8.94. The molecular weight excluding hydrogens is 497 g/mol. The lowest BCUT2D eigenvalue weighted by atomic mass is 9.87. The van der Waals surface area contributed by atoms with Gasteiger partial charge >= 0.3 is 12.1 Å². The van der Waals surface area contributed by atoms with Gasteiger partial charge in [0.15, 0.2) is 0 Å².